The molecule has 1 spiro atoms. The maximum Gasteiger partial charge on any atom is 0.260 e. The van der Waals surface area contributed by atoms with E-state index in [1.54, 1.807) is 0 Å². The molecule has 0 bridgehead atoms. The van der Waals surface area contributed by atoms with Gasteiger partial charge in [-0.15, -0.1) is 0 Å². The van der Waals surface area contributed by atoms with Crippen LogP contribution in [0.15, 0.2) is 71.8 Å². The van der Waals surface area contributed by atoms with Crippen molar-refractivity contribution in [2.45, 2.75) is 31.7 Å². The van der Waals surface area contributed by atoms with Crippen molar-refractivity contribution in [3.63, 3.8) is 0 Å². The summed E-state index contributed by atoms with van der Waals surface area (Å²) in [5.74, 6) is 0.690. The van der Waals surface area contributed by atoms with Crippen LogP contribution in [0.2, 0.25) is 0 Å². The van der Waals surface area contributed by atoms with Gasteiger partial charge in [0.1, 0.15) is 0 Å². The maximum atomic E-state index is 12.7. The van der Waals surface area contributed by atoms with Crippen molar-refractivity contribution in [3.05, 3.63) is 94.0 Å². The number of H-pyrrole nitrogens is 1. The Kier molecular flexibility index (Phi) is 4.68. The van der Waals surface area contributed by atoms with Gasteiger partial charge < -0.3 is 9.80 Å². The molecule has 6 heteroatoms. The molecule has 2 aromatic carbocycles. The minimum Gasteiger partial charge on any atom is -0.366 e. The predicted octanol–water partition coefficient (Wildman–Crippen LogP) is 4.18. The Labute approximate surface area is 192 Å². The van der Waals surface area contributed by atoms with E-state index < -0.39 is 0 Å². The Morgan fingerprint density at radius 2 is 1.88 bits per heavy atom. The van der Waals surface area contributed by atoms with Gasteiger partial charge in [0.2, 0.25) is 5.95 Å². The zero-order valence-electron chi connectivity index (χ0n) is 18.8. The van der Waals surface area contributed by atoms with E-state index in [-0.39, 0.29) is 11.0 Å². The number of anilines is 2. The molecule has 4 aromatic rings. The van der Waals surface area contributed by atoms with Crippen LogP contribution in [0.25, 0.3) is 10.9 Å². The number of fused-ring (bicyclic) bond motifs is 3. The van der Waals surface area contributed by atoms with Crippen molar-refractivity contribution < 1.29 is 0 Å². The molecule has 0 amide bonds. The van der Waals surface area contributed by atoms with Crippen molar-refractivity contribution >= 4 is 22.5 Å². The fraction of sp³-hybridized carbons (Fsp3) is 0.296. The van der Waals surface area contributed by atoms with Crippen LogP contribution in [0.5, 0.6) is 0 Å². The van der Waals surface area contributed by atoms with Gasteiger partial charge in [-0.2, -0.15) is 0 Å². The number of aryl methyl sites for hydroxylation is 1. The summed E-state index contributed by atoms with van der Waals surface area (Å²) in [6.07, 6.45) is 5.84. The highest BCUT2D eigenvalue weighted by molar-refractivity contribution is 5.81. The SMILES string of the molecule is Cc1cccc2c(=O)[nH]c(N3CCC4(CC3)CN(Cc3cccnc3)c3ccccc34)nc12. The second-order valence-corrected chi connectivity index (χ2v) is 9.36. The molecule has 6 nitrogen and oxygen atoms in total. The van der Waals surface area contributed by atoms with E-state index in [0.717, 1.165) is 50.1 Å². The number of nitrogens with one attached hydrogen (secondary N) is 1. The first-order valence-electron chi connectivity index (χ1n) is 11.6. The minimum atomic E-state index is -0.0622. The molecular formula is C27H27N5O. The van der Waals surface area contributed by atoms with Crippen molar-refractivity contribution in [2.24, 2.45) is 0 Å². The lowest BCUT2D eigenvalue weighted by Crippen LogP contribution is -2.46. The molecule has 0 radical (unpaired) electrons. The van der Waals surface area contributed by atoms with Gasteiger partial charge in [-0.1, -0.05) is 36.4 Å². The Balaban J connectivity index is 1.27. The number of pyridine rings is 1. The fourth-order valence-corrected chi connectivity index (χ4v) is 5.60. The number of benzene rings is 2. The van der Waals surface area contributed by atoms with Gasteiger partial charge >= 0.3 is 0 Å². The molecule has 166 valence electrons. The Hall–Kier alpha value is -3.67. The van der Waals surface area contributed by atoms with E-state index in [1.165, 1.54) is 16.8 Å². The first-order valence-corrected chi connectivity index (χ1v) is 11.6. The third-order valence-electron chi connectivity index (χ3n) is 7.35. The predicted molar refractivity (Wildman–Crippen MR) is 132 cm³/mol. The number of aromatic nitrogens is 3. The molecule has 33 heavy (non-hydrogen) atoms. The monoisotopic (exact) mass is 437 g/mol. The van der Waals surface area contributed by atoms with Gasteiger partial charge in [-0.3, -0.25) is 14.8 Å². The molecule has 0 atom stereocenters. The van der Waals surface area contributed by atoms with Gasteiger partial charge in [0.15, 0.2) is 0 Å². The highest BCUT2D eigenvalue weighted by Crippen LogP contribution is 2.47. The van der Waals surface area contributed by atoms with Crippen molar-refractivity contribution in [1.82, 2.24) is 15.0 Å². The molecule has 6 rings (SSSR count). The molecular weight excluding hydrogens is 410 g/mol. The summed E-state index contributed by atoms with van der Waals surface area (Å²) in [4.78, 5) is 29.6. The third kappa shape index (κ3) is 3.37. The summed E-state index contributed by atoms with van der Waals surface area (Å²) in [7, 11) is 0. The van der Waals surface area contributed by atoms with E-state index in [0.29, 0.717) is 11.3 Å². The average molecular weight is 438 g/mol. The van der Waals surface area contributed by atoms with Crippen LogP contribution in [0.4, 0.5) is 11.6 Å². The number of para-hydroxylation sites is 2. The Morgan fingerprint density at radius 3 is 2.70 bits per heavy atom. The molecule has 1 N–H and O–H groups in total. The molecule has 4 heterocycles. The van der Waals surface area contributed by atoms with Crippen LogP contribution in [0.1, 0.15) is 29.5 Å². The molecule has 0 unspecified atom stereocenters. The van der Waals surface area contributed by atoms with Gasteiger partial charge in [-0.05, 0) is 54.7 Å². The van der Waals surface area contributed by atoms with Crippen LogP contribution in [-0.2, 0) is 12.0 Å². The highest BCUT2D eigenvalue weighted by atomic mass is 16.1. The van der Waals surface area contributed by atoms with E-state index in [9.17, 15) is 4.79 Å². The van der Waals surface area contributed by atoms with Crippen molar-refractivity contribution in [2.75, 3.05) is 29.4 Å². The van der Waals surface area contributed by atoms with Crippen molar-refractivity contribution in [3.8, 4) is 0 Å². The summed E-state index contributed by atoms with van der Waals surface area (Å²) >= 11 is 0. The van der Waals surface area contributed by atoms with Gasteiger partial charge in [0, 0.05) is 49.7 Å². The quantitative estimate of drug-likeness (QED) is 0.521. The minimum absolute atomic E-state index is 0.0622. The topological polar surface area (TPSA) is 65.1 Å². The highest BCUT2D eigenvalue weighted by Gasteiger charge is 2.44. The lowest BCUT2D eigenvalue weighted by molar-refractivity contribution is 0.348. The van der Waals surface area contributed by atoms with Crippen LogP contribution < -0.4 is 15.4 Å². The molecule has 2 aromatic heterocycles. The van der Waals surface area contributed by atoms with Crippen LogP contribution in [-0.4, -0.2) is 34.6 Å². The standard InChI is InChI=1S/C27H27N5O/c1-19-6-4-8-21-24(19)29-26(30-25(21)33)31-14-11-27(12-15-31)18-32(17-20-7-5-13-28-16-20)23-10-3-2-9-22(23)27/h2-10,13,16H,11-12,14-15,17-18H2,1H3,(H,29,30,33). The first-order chi connectivity index (χ1) is 16.1. The van der Waals surface area contributed by atoms with Gasteiger partial charge in [0.25, 0.3) is 5.56 Å². The maximum absolute atomic E-state index is 12.7. The second-order valence-electron chi connectivity index (χ2n) is 9.36. The molecule has 1 saturated heterocycles. The molecule has 0 saturated carbocycles. The molecule has 1 fully saturated rings. The van der Waals surface area contributed by atoms with E-state index >= 15 is 0 Å². The normalized spacial score (nSPS) is 17.0. The third-order valence-corrected chi connectivity index (χ3v) is 7.35. The van der Waals surface area contributed by atoms with Gasteiger partial charge in [0.05, 0.1) is 10.9 Å². The average Bonchev–Trinajstić information content (AvgIpc) is 3.14. The van der Waals surface area contributed by atoms with Crippen LogP contribution in [0, 0.1) is 6.92 Å². The summed E-state index contributed by atoms with van der Waals surface area (Å²) in [5.41, 5.74) is 5.91. The fourth-order valence-electron chi connectivity index (χ4n) is 5.60. The summed E-state index contributed by atoms with van der Waals surface area (Å²) in [6, 6.07) is 18.8. The zero-order valence-corrected chi connectivity index (χ0v) is 18.8. The van der Waals surface area contributed by atoms with Gasteiger partial charge in [-0.25, -0.2) is 4.98 Å². The summed E-state index contributed by atoms with van der Waals surface area (Å²) in [6.45, 7) is 5.63. The van der Waals surface area contributed by atoms with Crippen LogP contribution in [0.3, 0.4) is 0 Å². The first kappa shape index (κ1) is 20.0. The number of aromatic amines is 1. The Bertz CT molecular complexity index is 1370. The van der Waals surface area contributed by atoms with Crippen LogP contribution >= 0.6 is 0 Å². The molecule has 0 aliphatic carbocycles. The van der Waals surface area contributed by atoms with E-state index in [1.807, 2.05) is 43.6 Å². The summed E-state index contributed by atoms with van der Waals surface area (Å²) in [5, 5.41) is 0.656. The largest absolute Gasteiger partial charge is 0.366 e. The zero-order chi connectivity index (χ0) is 22.4. The number of piperidine rings is 1. The smallest absolute Gasteiger partial charge is 0.260 e. The number of hydrogen-bond acceptors (Lipinski definition) is 5. The van der Waals surface area contributed by atoms with E-state index in [2.05, 4.69) is 50.1 Å². The second kappa shape index (κ2) is 7.73. The summed E-state index contributed by atoms with van der Waals surface area (Å²) < 4.78 is 0. The van der Waals surface area contributed by atoms with E-state index in [4.69, 9.17) is 4.98 Å². The number of nitrogens with zero attached hydrogens (tertiary/aromatic N) is 4. The molecule has 2 aliphatic rings. The number of hydrogen-bond donors (Lipinski definition) is 1. The Morgan fingerprint density at radius 1 is 1.03 bits per heavy atom. The number of rotatable bonds is 3. The molecule has 2 aliphatic heterocycles. The lowest BCUT2D eigenvalue weighted by Gasteiger charge is -2.40. The lowest BCUT2D eigenvalue weighted by atomic mass is 9.74. The van der Waals surface area contributed by atoms with Crippen molar-refractivity contribution in [1.29, 1.82) is 0 Å².